The highest BCUT2D eigenvalue weighted by atomic mass is 32.1. The van der Waals surface area contributed by atoms with E-state index in [2.05, 4.69) is 21.6 Å². The van der Waals surface area contributed by atoms with Crippen LogP contribution in [-0.2, 0) is 4.79 Å². The number of thiophene rings is 1. The Morgan fingerprint density at radius 3 is 2.79 bits per heavy atom. The lowest BCUT2D eigenvalue weighted by Gasteiger charge is -2.28. The molecule has 1 atom stereocenters. The largest absolute Gasteiger partial charge is 0.495 e. The third-order valence-corrected chi connectivity index (χ3v) is 5.98. The van der Waals surface area contributed by atoms with Gasteiger partial charge in [-0.2, -0.15) is 0 Å². The fourth-order valence-corrected chi connectivity index (χ4v) is 4.35. The van der Waals surface area contributed by atoms with Crippen LogP contribution in [-0.4, -0.2) is 51.1 Å². The molecular formula is C21H28N4O3S. The van der Waals surface area contributed by atoms with Crippen molar-refractivity contribution >= 4 is 34.6 Å². The molecule has 2 N–H and O–H groups in total. The smallest absolute Gasteiger partial charge is 0.319 e. The summed E-state index contributed by atoms with van der Waals surface area (Å²) in [6.07, 6.45) is 2.41. The molecule has 3 rings (SSSR count). The van der Waals surface area contributed by atoms with Crippen molar-refractivity contribution in [2.24, 2.45) is 0 Å². The number of nitrogens with one attached hydrogen (secondary N) is 2. The van der Waals surface area contributed by atoms with Crippen LogP contribution >= 0.6 is 11.3 Å². The number of likely N-dealkylation sites (N-methyl/N-ethyl adjacent to an activating group) is 1. The summed E-state index contributed by atoms with van der Waals surface area (Å²) in [4.78, 5) is 29.8. The number of anilines is 2. The maximum absolute atomic E-state index is 12.5. The Morgan fingerprint density at radius 2 is 2.14 bits per heavy atom. The van der Waals surface area contributed by atoms with Crippen LogP contribution in [0.4, 0.5) is 16.2 Å². The number of carbonyl (C=O) groups excluding carboxylic acids is 2. The van der Waals surface area contributed by atoms with Crippen LogP contribution in [0.15, 0.2) is 35.7 Å². The van der Waals surface area contributed by atoms with E-state index in [1.807, 2.05) is 25.5 Å². The SMILES string of the molecule is COc1ccc(NC(=O)NC[C@@H](c2cccs2)N(C)C)cc1N1CCCCC1=O. The van der Waals surface area contributed by atoms with Gasteiger partial charge in [0.25, 0.3) is 0 Å². The molecule has 3 amide bonds. The van der Waals surface area contributed by atoms with Crippen molar-refractivity contribution in [1.29, 1.82) is 0 Å². The molecule has 8 heteroatoms. The quantitative estimate of drug-likeness (QED) is 0.722. The third-order valence-electron chi connectivity index (χ3n) is 5.00. The van der Waals surface area contributed by atoms with E-state index in [1.54, 1.807) is 41.5 Å². The van der Waals surface area contributed by atoms with E-state index in [1.165, 1.54) is 4.88 Å². The average molecular weight is 417 g/mol. The molecule has 1 saturated heterocycles. The Morgan fingerprint density at radius 1 is 1.31 bits per heavy atom. The van der Waals surface area contributed by atoms with Crippen molar-refractivity contribution < 1.29 is 14.3 Å². The van der Waals surface area contributed by atoms with E-state index >= 15 is 0 Å². The van der Waals surface area contributed by atoms with Gasteiger partial charge in [0, 0.05) is 30.1 Å². The summed E-state index contributed by atoms with van der Waals surface area (Å²) >= 11 is 1.67. The average Bonchev–Trinajstić information content (AvgIpc) is 3.22. The number of carbonyl (C=O) groups is 2. The maximum atomic E-state index is 12.5. The van der Waals surface area contributed by atoms with E-state index < -0.39 is 0 Å². The normalized spacial score (nSPS) is 15.3. The molecule has 0 spiro atoms. The minimum Gasteiger partial charge on any atom is -0.495 e. The first-order chi connectivity index (χ1) is 14.0. The summed E-state index contributed by atoms with van der Waals surface area (Å²) in [7, 11) is 5.57. The zero-order valence-corrected chi connectivity index (χ0v) is 17.9. The van der Waals surface area contributed by atoms with Gasteiger partial charge in [0.2, 0.25) is 5.91 Å². The van der Waals surface area contributed by atoms with Crippen molar-refractivity contribution in [2.45, 2.75) is 25.3 Å². The fraction of sp³-hybridized carbons (Fsp3) is 0.429. The zero-order valence-electron chi connectivity index (χ0n) is 17.1. The minimum absolute atomic E-state index is 0.0842. The lowest BCUT2D eigenvalue weighted by molar-refractivity contribution is -0.119. The number of rotatable bonds is 7. The number of ether oxygens (including phenoxy) is 1. The van der Waals surface area contributed by atoms with Crippen LogP contribution in [0.25, 0.3) is 0 Å². The van der Waals surface area contributed by atoms with Gasteiger partial charge in [-0.05, 0) is 56.6 Å². The molecular weight excluding hydrogens is 388 g/mol. The van der Waals surface area contributed by atoms with Crippen molar-refractivity contribution in [3.05, 3.63) is 40.6 Å². The molecule has 2 heterocycles. The molecule has 0 unspecified atom stereocenters. The Balaban J connectivity index is 1.67. The summed E-state index contributed by atoms with van der Waals surface area (Å²) in [5.74, 6) is 0.706. The molecule has 1 aromatic carbocycles. The van der Waals surface area contributed by atoms with E-state index in [9.17, 15) is 9.59 Å². The number of amides is 3. The highest BCUT2D eigenvalue weighted by molar-refractivity contribution is 7.10. The predicted molar refractivity (Wildman–Crippen MR) is 117 cm³/mol. The third kappa shape index (κ3) is 5.27. The van der Waals surface area contributed by atoms with Gasteiger partial charge < -0.3 is 25.2 Å². The van der Waals surface area contributed by atoms with Crippen LogP contribution in [0.3, 0.4) is 0 Å². The van der Waals surface area contributed by atoms with E-state index in [-0.39, 0.29) is 18.0 Å². The minimum atomic E-state index is -0.283. The van der Waals surface area contributed by atoms with Crippen LogP contribution in [0.2, 0.25) is 0 Å². The molecule has 1 fully saturated rings. The van der Waals surface area contributed by atoms with Gasteiger partial charge >= 0.3 is 6.03 Å². The Hall–Kier alpha value is -2.58. The molecule has 7 nitrogen and oxygen atoms in total. The first-order valence-electron chi connectivity index (χ1n) is 9.72. The number of urea groups is 1. The monoisotopic (exact) mass is 416 g/mol. The van der Waals surface area contributed by atoms with E-state index in [4.69, 9.17) is 4.74 Å². The lowest BCUT2D eigenvalue weighted by atomic mass is 10.1. The van der Waals surface area contributed by atoms with Gasteiger partial charge in [-0.25, -0.2) is 4.79 Å². The Kier molecular flexibility index (Phi) is 7.11. The summed E-state index contributed by atoms with van der Waals surface area (Å²) < 4.78 is 5.43. The van der Waals surface area contributed by atoms with E-state index in [0.29, 0.717) is 36.6 Å². The van der Waals surface area contributed by atoms with Crippen LogP contribution in [0.5, 0.6) is 5.75 Å². The highest BCUT2D eigenvalue weighted by Crippen LogP contribution is 2.33. The zero-order chi connectivity index (χ0) is 20.8. The van der Waals surface area contributed by atoms with Crippen LogP contribution < -0.4 is 20.3 Å². The number of piperidine rings is 1. The molecule has 156 valence electrons. The maximum Gasteiger partial charge on any atom is 0.319 e. The van der Waals surface area contributed by atoms with Crippen LogP contribution in [0, 0.1) is 0 Å². The number of nitrogens with zero attached hydrogens (tertiary/aromatic N) is 2. The van der Waals surface area contributed by atoms with Gasteiger partial charge in [-0.3, -0.25) is 4.79 Å². The standard InChI is InChI=1S/C21H28N4O3S/c1-24(2)17(19-7-6-12-29-19)14-22-21(27)23-15-9-10-18(28-3)16(13-15)25-11-5-4-8-20(25)26/h6-7,9-10,12-13,17H,4-5,8,11,14H2,1-3H3,(H2,22,23,27)/t17-/m0/s1. The van der Waals surface area contributed by atoms with Gasteiger partial charge in [0.1, 0.15) is 5.75 Å². The summed E-state index contributed by atoms with van der Waals surface area (Å²) in [5.41, 5.74) is 1.31. The molecule has 29 heavy (non-hydrogen) atoms. The number of hydrogen-bond donors (Lipinski definition) is 2. The predicted octanol–water partition coefficient (Wildman–Crippen LogP) is 3.70. The van der Waals surface area contributed by atoms with Crippen molar-refractivity contribution in [1.82, 2.24) is 10.2 Å². The second-order valence-electron chi connectivity index (χ2n) is 7.22. The molecule has 0 radical (unpaired) electrons. The first-order valence-corrected chi connectivity index (χ1v) is 10.6. The number of methoxy groups -OCH3 is 1. The van der Waals surface area contributed by atoms with Gasteiger partial charge in [0.05, 0.1) is 18.8 Å². The summed E-state index contributed by atoms with van der Waals surface area (Å²) in [6.45, 7) is 1.16. The Bertz CT molecular complexity index is 838. The topological polar surface area (TPSA) is 73.9 Å². The summed E-state index contributed by atoms with van der Waals surface area (Å²) in [5, 5.41) is 7.84. The highest BCUT2D eigenvalue weighted by Gasteiger charge is 2.23. The van der Waals surface area contributed by atoms with Gasteiger partial charge in [-0.15, -0.1) is 11.3 Å². The molecule has 2 aromatic rings. The van der Waals surface area contributed by atoms with E-state index in [0.717, 1.165) is 12.8 Å². The lowest BCUT2D eigenvalue weighted by Crippen LogP contribution is -2.37. The molecule has 0 bridgehead atoms. The Labute approximate surface area is 175 Å². The van der Waals surface area contributed by atoms with Crippen molar-refractivity contribution in [3.63, 3.8) is 0 Å². The fourth-order valence-electron chi connectivity index (χ4n) is 3.42. The molecule has 1 aliphatic heterocycles. The summed E-state index contributed by atoms with van der Waals surface area (Å²) in [6, 6.07) is 9.26. The molecule has 0 aliphatic carbocycles. The van der Waals surface area contributed by atoms with Gasteiger partial charge in [-0.1, -0.05) is 6.07 Å². The van der Waals surface area contributed by atoms with Crippen molar-refractivity contribution in [3.8, 4) is 5.75 Å². The van der Waals surface area contributed by atoms with Gasteiger partial charge in [0.15, 0.2) is 0 Å². The van der Waals surface area contributed by atoms with Crippen LogP contribution in [0.1, 0.15) is 30.2 Å². The van der Waals surface area contributed by atoms with Crippen molar-refractivity contribution in [2.75, 3.05) is 44.5 Å². The first kappa shape index (κ1) is 21.1. The molecule has 0 saturated carbocycles. The molecule has 1 aliphatic rings. The second kappa shape index (κ2) is 9.76. The number of benzene rings is 1. The number of hydrogen-bond acceptors (Lipinski definition) is 5. The second-order valence-corrected chi connectivity index (χ2v) is 8.20. The molecule has 1 aromatic heterocycles.